The summed E-state index contributed by atoms with van der Waals surface area (Å²) >= 11 is 0. The first-order valence-electron chi connectivity index (χ1n) is 16.6. The van der Waals surface area contributed by atoms with E-state index in [0.717, 1.165) is 19.4 Å². The van der Waals surface area contributed by atoms with Crippen LogP contribution in [0, 0.1) is 0 Å². The van der Waals surface area contributed by atoms with Gasteiger partial charge >= 0.3 is 51.4 Å². The van der Waals surface area contributed by atoms with Gasteiger partial charge in [-0.2, -0.15) is 0 Å². The third-order valence-electron chi connectivity index (χ3n) is 7.76. The van der Waals surface area contributed by atoms with Crippen LogP contribution >= 0.6 is 0 Å². The van der Waals surface area contributed by atoms with Crippen LogP contribution in [-0.4, -0.2) is 30.5 Å². The summed E-state index contributed by atoms with van der Waals surface area (Å²) in [6.07, 6.45) is 35.5. The van der Waals surface area contributed by atoms with Crippen LogP contribution in [-0.2, 0) is 4.79 Å². The van der Waals surface area contributed by atoms with Crippen molar-refractivity contribution < 1.29 is 61.3 Å². The van der Waals surface area contributed by atoms with Gasteiger partial charge in [0.25, 0.3) is 0 Å². The maximum absolute atomic E-state index is 10.7. The van der Waals surface area contributed by atoms with E-state index in [9.17, 15) is 9.90 Å². The van der Waals surface area contributed by atoms with Gasteiger partial charge in [-0.3, -0.25) is 0 Å². The minimum atomic E-state index is -0.900. The predicted molar refractivity (Wildman–Crippen MR) is 157 cm³/mol. The van der Waals surface area contributed by atoms with Crippen molar-refractivity contribution in [2.45, 2.75) is 187 Å². The minimum absolute atomic E-state index is 0. The van der Waals surface area contributed by atoms with Gasteiger partial charge in [-0.05, 0) is 51.7 Å². The fourth-order valence-electron chi connectivity index (χ4n) is 5.29. The zero-order chi connectivity index (χ0) is 26.4. The summed E-state index contributed by atoms with van der Waals surface area (Å²) in [6, 6.07) is 0. The van der Waals surface area contributed by atoms with Gasteiger partial charge in [-0.15, -0.1) is 0 Å². The van der Waals surface area contributed by atoms with Crippen LogP contribution in [0.5, 0.6) is 0 Å². The van der Waals surface area contributed by atoms with Gasteiger partial charge in [-0.25, -0.2) is 0 Å². The number of rotatable bonds is 31. The number of carboxylic acids is 1. The van der Waals surface area contributed by atoms with Gasteiger partial charge in [0.05, 0.1) is 0 Å². The molecule has 0 saturated heterocycles. The molecule has 0 rings (SSSR count). The van der Waals surface area contributed by atoms with Crippen LogP contribution in [0.15, 0.2) is 0 Å². The summed E-state index contributed by atoms with van der Waals surface area (Å²) < 4.78 is 0. The summed E-state index contributed by atoms with van der Waals surface area (Å²) in [6.45, 7) is 8.02. The Balaban J connectivity index is 0. The first kappa shape index (κ1) is 40.2. The average molecular weight is 548 g/mol. The standard InChI is InChI=1S/C33H67NO2.K/c1-3-5-7-9-11-13-15-17-19-21-23-26-30-34(32-28-25-29-33(35)36)31-27-24-22-20-18-16-14-12-10-8-6-4-2;/h3-32H2,1-2H3,(H,35,36);/q;+1/p-1. The molecule has 37 heavy (non-hydrogen) atoms. The second-order valence-corrected chi connectivity index (χ2v) is 11.4. The molecule has 0 aromatic carbocycles. The second-order valence-electron chi connectivity index (χ2n) is 11.4. The number of unbranched alkanes of at least 4 members (excludes halogenated alkanes) is 23. The summed E-state index contributed by atoms with van der Waals surface area (Å²) in [4.78, 5) is 13.3. The quantitative estimate of drug-likeness (QED) is 0.0724. The summed E-state index contributed by atoms with van der Waals surface area (Å²) in [7, 11) is 0. The van der Waals surface area contributed by atoms with E-state index >= 15 is 0 Å². The van der Waals surface area contributed by atoms with Gasteiger partial charge in [0.2, 0.25) is 0 Å². The van der Waals surface area contributed by atoms with Crippen molar-refractivity contribution >= 4 is 5.97 Å². The van der Waals surface area contributed by atoms with E-state index in [-0.39, 0.29) is 57.8 Å². The van der Waals surface area contributed by atoms with Gasteiger partial charge < -0.3 is 14.8 Å². The normalized spacial score (nSPS) is 11.2. The number of hydrogen-bond acceptors (Lipinski definition) is 3. The molecular weight excluding hydrogens is 481 g/mol. The Hall–Kier alpha value is 1.07. The van der Waals surface area contributed by atoms with Crippen molar-refractivity contribution in [2.75, 3.05) is 19.6 Å². The van der Waals surface area contributed by atoms with E-state index in [0.29, 0.717) is 0 Å². The monoisotopic (exact) mass is 547 g/mol. The molecule has 3 nitrogen and oxygen atoms in total. The molecule has 0 unspecified atom stereocenters. The molecule has 0 aliphatic heterocycles. The zero-order valence-electron chi connectivity index (χ0n) is 26.0. The Morgan fingerprint density at radius 1 is 0.432 bits per heavy atom. The molecule has 0 saturated carbocycles. The second kappa shape index (κ2) is 35.1. The van der Waals surface area contributed by atoms with Crippen molar-refractivity contribution in [3.05, 3.63) is 0 Å². The summed E-state index contributed by atoms with van der Waals surface area (Å²) in [5, 5.41) is 10.7. The molecule has 0 aliphatic rings. The number of carbonyl (C=O) groups excluding carboxylic acids is 1. The molecule has 0 amide bonds. The minimum Gasteiger partial charge on any atom is -0.550 e. The van der Waals surface area contributed by atoms with Crippen LogP contribution in [0.4, 0.5) is 0 Å². The van der Waals surface area contributed by atoms with Gasteiger partial charge in [0, 0.05) is 5.97 Å². The number of carbonyl (C=O) groups is 1. The summed E-state index contributed by atoms with van der Waals surface area (Å²) in [5.41, 5.74) is 0. The molecule has 0 aromatic rings. The van der Waals surface area contributed by atoms with Crippen LogP contribution in [0.25, 0.3) is 0 Å². The van der Waals surface area contributed by atoms with Crippen molar-refractivity contribution in [3.8, 4) is 0 Å². The van der Waals surface area contributed by atoms with Crippen LogP contribution in [0.3, 0.4) is 0 Å². The van der Waals surface area contributed by atoms with E-state index in [1.807, 2.05) is 0 Å². The number of carboxylic acid groups (broad SMARTS) is 1. The van der Waals surface area contributed by atoms with Crippen LogP contribution in [0.2, 0.25) is 0 Å². The number of aliphatic carboxylic acids is 1. The molecule has 0 N–H and O–H groups in total. The third-order valence-corrected chi connectivity index (χ3v) is 7.76. The average Bonchev–Trinajstić information content (AvgIpc) is 2.87. The van der Waals surface area contributed by atoms with Gasteiger partial charge in [0.15, 0.2) is 0 Å². The topological polar surface area (TPSA) is 43.4 Å². The van der Waals surface area contributed by atoms with Crippen LogP contribution < -0.4 is 56.5 Å². The number of hydrogen-bond donors (Lipinski definition) is 0. The first-order valence-corrected chi connectivity index (χ1v) is 16.6. The Morgan fingerprint density at radius 2 is 0.676 bits per heavy atom. The fourth-order valence-corrected chi connectivity index (χ4v) is 5.29. The van der Waals surface area contributed by atoms with E-state index in [1.54, 1.807) is 0 Å². The molecule has 0 spiro atoms. The molecule has 0 radical (unpaired) electrons. The first-order chi connectivity index (χ1) is 17.7. The smallest absolute Gasteiger partial charge is 0.550 e. The molecule has 0 aromatic heterocycles. The Morgan fingerprint density at radius 3 is 0.946 bits per heavy atom. The van der Waals surface area contributed by atoms with Crippen molar-refractivity contribution in [1.82, 2.24) is 4.90 Å². The van der Waals surface area contributed by atoms with E-state index < -0.39 is 5.97 Å². The molecule has 0 fully saturated rings. The van der Waals surface area contributed by atoms with Crippen molar-refractivity contribution in [3.63, 3.8) is 0 Å². The van der Waals surface area contributed by atoms with E-state index in [1.165, 1.54) is 167 Å². The summed E-state index contributed by atoms with van der Waals surface area (Å²) in [5.74, 6) is -0.900. The van der Waals surface area contributed by atoms with Crippen molar-refractivity contribution in [2.24, 2.45) is 0 Å². The fraction of sp³-hybridized carbons (Fsp3) is 0.970. The Kier molecular flexibility index (Phi) is 38.1. The third kappa shape index (κ3) is 35.0. The Labute approximate surface area is 276 Å². The van der Waals surface area contributed by atoms with Gasteiger partial charge in [-0.1, -0.05) is 155 Å². The van der Waals surface area contributed by atoms with E-state index in [2.05, 4.69) is 18.7 Å². The zero-order valence-corrected chi connectivity index (χ0v) is 29.1. The SMILES string of the molecule is CCCCCCCCCCCCCCN(CCCCCCCCCCCCCC)CCCCC(=O)[O-].[K+]. The maximum Gasteiger partial charge on any atom is 1.00 e. The van der Waals surface area contributed by atoms with Crippen molar-refractivity contribution in [1.29, 1.82) is 0 Å². The predicted octanol–water partition coefficient (Wildman–Crippen LogP) is 6.61. The number of nitrogens with zero attached hydrogens (tertiary/aromatic N) is 1. The molecule has 216 valence electrons. The Bertz CT molecular complexity index is 405. The molecule has 0 bridgehead atoms. The molecule has 4 heteroatoms. The maximum atomic E-state index is 10.7. The largest absolute Gasteiger partial charge is 1.00 e. The van der Waals surface area contributed by atoms with Crippen LogP contribution in [0.1, 0.15) is 187 Å². The molecular formula is C33H66KNO2. The molecule has 0 atom stereocenters. The molecule has 0 aliphatic carbocycles. The van der Waals surface area contributed by atoms with Gasteiger partial charge in [0.1, 0.15) is 0 Å². The molecule has 0 heterocycles. The van der Waals surface area contributed by atoms with E-state index in [4.69, 9.17) is 0 Å².